The SMILES string of the molecule is CN1CCN(C)C(CC(N)Cc2cc(F)ccc2Cl)C1. The highest BCUT2D eigenvalue weighted by Gasteiger charge is 2.24. The number of benzene rings is 1. The van der Waals surface area contributed by atoms with Gasteiger partial charge in [-0.2, -0.15) is 0 Å². The van der Waals surface area contributed by atoms with Gasteiger partial charge in [-0.25, -0.2) is 4.39 Å². The first kappa shape index (κ1) is 15.7. The lowest BCUT2D eigenvalue weighted by Crippen LogP contribution is -2.51. The molecule has 20 heavy (non-hydrogen) atoms. The second-order valence-electron chi connectivity index (χ2n) is 5.83. The number of likely N-dealkylation sites (N-methyl/N-ethyl adjacent to an activating group) is 2. The van der Waals surface area contributed by atoms with Gasteiger partial charge in [0.1, 0.15) is 5.82 Å². The van der Waals surface area contributed by atoms with Gasteiger partial charge in [0.05, 0.1) is 0 Å². The van der Waals surface area contributed by atoms with E-state index in [4.69, 9.17) is 17.3 Å². The van der Waals surface area contributed by atoms with Crippen molar-refractivity contribution in [1.82, 2.24) is 9.80 Å². The average molecular weight is 300 g/mol. The highest BCUT2D eigenvalue weighted by molar-refractivity contribution is 6.31. The lowest BCUT2D eigenvalue weighted by molar-refractivity contribution is 0.104. The fraction of sp³-hybridized carbons (Fsp3) is 0.600. The smallest absolute Gasteiger partial charge is 0.123 e. The van der Waals surface area contributed by atoms with Gasteiger partial charge in [0.15, 0.2) is 0 Å². The second kappa shape index (κ2) is 6.85. The topological polar surface area (TPSA) is 32.5 Å². The molecule has 2 atom stereocenters. The molecular weight excluding hydrogens is 277 g/mol. The molecule has 0 aromatic heterocycles. The maximum atomic E-state index is 13.3. The van der Waals surface area contributed by atoms with E-state index in [0.717, 1.165) is 31.6 Å². The zero-order chi connectivity index (χ0) is 14.7. The Morgan fingerprint density at radius 2 is 2.15 bits per heavy atom. The molecular formula is C15H23ClFN3. The zero-order valence-corrected chi connectivity index (χ0v) is 12.9. The fourth-order valence-corrected chi connectivity index (χ4v) is 2.97. The predicted octanol–water partition coefficient (Wildman–Crippen LogP) is 1.98. The first-order valence-corrected chi connectivity index (χ1v) is 7.42. The molecule has 1 heterocycles. The maximum Gasteiger partial charge on any atom is 0.123 e. The summed E-state index contributed by atoms with van der Waals surface area (Å²) in [6.07, 6.45) is 1.51. The van der Waals surface area contributed by atoms with Crippen LogP contribution in [-0.4, -0.2) is 55.6 Å². The summed E-state index contributed by atoms with van der Waals surface area (Å²) in [5.74, 6) is -0.258. The quantitative estimate of drug-likeness (QED) is 0.923. The van der Waals surface area contributed by atoms with Crippen molar-refractivity contribution in [2.75, 3.05) is 33.7 Å². The maximum absolute atomic E-state index is 13.3. The number of piperazine rings is 1. The summed E-state index contributed by atoms with van der Waals surface area (Å²) >= 11 is 6.09. The van der Waals surface area contributed by atoms with Crippen LogP contribution >= 0.6 is 11.6 Å². The molecule has 1 aromatic carbocycles. The van der Waals surface area contributed by atoms with Gasteiger partial charge in [-0.1, -0.05) is 11.6 Å². The van der Waals surface area contributed by atoms with Crippen LogP contribution in [0.15, 0.2) is 18.2 Å². The normalized spacial score (nSPS) is 22.9. The summed E-state index contributed by atoms with van der Waals surface area (Å²) < 4.78 is 13.3. The number of hydrogen-bond donors (Lipinski definition) is 1. The summed E-state index contributed by atoms with van der Waals surface area (Å²) in [5.41, 5.74) is 7.03. The Bertz CT molecular complexity index is 455. The summed E-state index contributed by atoms with van der Waals surface area (Å²) in [5, 5.41) is 0.593. The van der Waals surface area contributed by atoms with Gasteiger partial charge in [0.2, 0.25) is 0 Å². The summed E-state index contributed by atoms with van der Waals surface area (Å²) in [7, 11) is 4.27. The van der Waals surface area contributed by atoms with Crippen LogP contribution in [0.1, 0.15) is 12.0 Å². The standard InChI is InChI=1S/C15H23ClFN3/c1-19-5-6-20(2)14(10-19)9-13(18)8-11-7-12(17)3-4-15(11)16/h3-4,7,13-14H,5-6,8-10,18H2,1-2H3. The van der Waals surface area contributed by atoms with E-state index in [1.807, 2.05) is 0 Å². The van der Waals surface area contributed by atoms with Crippen LogP contribution in [0.2, 0.25) is 5.02 Å². The molecule has 112 valence electrons. The van der Waals surface area contributed by atoms with Gasteiger partial charge in [-0.3, -0.25) is 0 Å². The Morgan fingerprint density at radius 1 is 1.40 bits per heavy atom. The fourth-order valence-electron chi connectivity index (χ4n) is 2.77. The van der Waals surface area contributed by atoms with Crippen LogP contribution in [0, 0.1) is 5.82 Å². The van der Waals surface area contributed by atoms with Crippen LogP contribution in [0.3, 0.4) is 0 Å². The van der Waals surface area contributed by atoms with E-state index < -0.39 is 0 Å². The Hall–Kier alpha value is -0.680. The van der Waals surface area contributed by atoms with E-state index in [1.165, 1.54) is 12.1 Å². The molecule has 0 aliphatic carbocycles. The van der Waals surface area contributed by atoms with Crippen molar-refractivity contribution < 1.29 is 4.39 Å². The molecule has 0 spiro atoms. The predicted molar refractivity (Wildman–Crippen MR) is 81.6 cm³/mol. The van der Waals surface area contributed by atoms with Crippen molar-refractivity contribution in [2.45, 2.75) is 24.9 Å². The molecule has 0 radical (unpaired) electrons. The number of nitrogens with two attached hydrogens (primary N) is 1. The Balaban J connectivity index is 1.94. The summed E-state index contributed by atoms with van der Waals surface area (Å²) in [6.45, 7) is 3.19. The Kier molecular flexibility index (Phi) is 5.38. The van der Waals surface area contributed by atoms with Gasteiger partial charge < -0.3 is 15.5 Å². The van der Waals surface area contributed by atoms with Gasteiger partial charge in [-0.05, 0) is 50.7 Å². The molecule has 1 aliphatic rings. The summed E-state index contributed by atoms with van der Waals surface area (Å²) in [4.78, 5) is 4.68. The van der Waals surface area contributed by atoms with Gasteiger partial charge >= 0.3 is 0 Å². The van der Waals surface area contributed by atoms with E-state index >= 15 is 0 Å². The number of nitrogens with zero attached hydrogens (tertiary/aromatic N) is 2. The lowest BCUT2D eigenvalue weighted by atomic mass is 9.98. The van der Waals surface area contributed by atoms with E-state index in [9.17, 15) is 4.39 Å². The molecule has 3 nitrogen and oxygen atoms in total. The highest BCUT2D eigenvalue weighted by atomic mass is 35.5. The first-order valence-electron chi connectivity index (χ1n) is 7.04. The minimum Gasteiger partial charge on any atom is -0.327 e. The first-order chi connectivity index (χ1) is 9.45. The molecule has 2 N–H and O–H groups in total. The van der Waals surface area contributed by atoms with Crippen molar-refractivity contribution in [1.29, 1.82) is 0 Å². The molecule has 0 saturated carbocycles. The molecule has 2 unspecified atom stereocenters. The monoisotopic (exact) mass is 299 g/mol. The molecule has 0 amide bonds. The van der Waals surface area contributed by atoms with Gasteiger partial charge in [0, 0.05) is 36.7 Å². The third kappa shape index (κ3) is 4.16. The van der Waals surface area contributed by atoms with Crippen LogP contribution < -0.4 is 5.73 Å². The van der Waals surface area contributed by atoms with Crippen LogP contribution in [-0.2, 0) is 6.42 Å². The van der Waals surface area contributed by atoms with E-state index in [2.05, 4.69) is 23.9 Å². The van der Waals surface area contributed by atoms with E-state index in [1.54, 1.807) is 6.07 Å². The van der Waals surface area contributed by atoms with E-state index in [0.29, 0.717) is 17.5 Å². The van der Waals surface area contributed by atoms with Gasteiger partial charge in [0.25, 0.3) is 0 Å². The van der Waals surface area contributed by atoms with Crippen molar-refractivity contribution in [3.05, 3.63) is 34.6 Å². The van der Waals surface area contributed by atoms with Crippen molar-refractivity contribution >= 4 is 11.6 Å². The third-order valence-corrected chi connectivity index (χ3v) is 4.41. The molecule has 5 heteroatoms. The van der Waals surface area contributed by atoms with Gasteiger partial charge in [-0.15, -0.1) is 0 Å². The number of hydrogen-bond acceptors (Lipinski definition) is 3. The minimum absolute atomic E-state index is 0.00625. The Labute approximate surface area is 125 Å². The number of halogens is 2. The molecule has 1 fully saturated rings. The minimum atomic E-state index is -0.258. The largest absolute Gasteiger partial charge is 0.327 e. The molecule has 2 rings (SSSR count). The van der Waals surface area contributed by atoms with Crippen LogP contribution in [0.4, 0.5) is 4.39 Å². The van der Waals surface area contributed by atoms with Crippen molar-refractivity contribution in [3.8, 4) is 0 Å². The van der Waals surface area contributed by atoms with Crippen LogP contribution in [0.25, 0.3) is 0 Å². The number of rotatable bonds is 4. The van der Waals surface area contributed by atoms with Crippen molar-refractivity contribution in [2.24, 2.45) is 5.73 Å². The summed E-state index contributed by atoms with van der Waals surface area (Å²) in [6, 6.07) is 4.91. The van der Waals surface area contributed by atoms with Crippen molar-refractivity contribution in [3.63, 3.8) is 0 Å². The Morgan fingerprint density at radius 3 is 2.90 bits per heavy atom. The van der Waals surface area contributed by atoms with Crippen LogP contribution in [0.5, 0.6) is 0 Å². The average Bonchev–Trinajstić information content (AvgIpc) is 2.38. The van der Waals surface area contributed by atoms with E-state index in [-0.39, 0.29) is 11.9 Å². The molecule has 0 bridgehead atoms. The second-order valence-corrected chi connectivity index (χ2v) is 6.24. The molecule has 1 saturated heterocycles. The lowest BCUT2D eigenvalue weighted by Gasteiger charge is -2.38. The molecule has 1 aromatic rings. The zero-order valence-electron chi connectivity index (χ0n) is 12.1. The molecule has 1 aliphatic heterocycles. The highest BCUT2D eigenvalue weighted by Crippen LogP contribution is 2.20. The third-order valence-electron chi connectivity index (χ3n) is 4.04.